The van der Waals surface area contributed by atoms with Crippen molar-refractivity contribution in [2.24, 2.45) is 11.8 Å². The van der Waals surface area contributed by atoms with Gasteiger partial charge in [-0.1, -0.05) is 44.2 Å². The van der Waals surface area contributed by atoms with E-state index in [0.717, 1.165) is 39.0 Å². The number of nitrogens with zero attached hydrogens (tertiary/aromatic N) is 1. The molecule has 2 saturated heterocycles. The fraction of sp³-hybridized carbons (Fsp3) is 0.667. The predicted octanol–water partition coefficient (Wildman–Crippen LogP) is 2.34. The lowest BCUT2D eigenvalue weighted by atomic mass is 9.92. The maximum Gasteiger partial charge on any atom is 0.226 e. The van der Waals surface area contributed by atoms with Gasteiger partial charge in [0.05, 0.1) is 19.6 Å². The Balaban J connectivity index is 1.46. The summed E-state index contributed by atoms with van der Waals surface area (Å²) in [6, 6.07) is 10.8. The zero-order valence-corrected chi connectivity index (χ0v) is 15.3. The maximum atomic E-state index is 12.8. The van der Waals surface area contributed by atoms with Gasteiger partial charge in [-0.2, -0.15) is 0 Å². The summed E-state index contributed by atoms with van der Waals surface area (Å²) in [6.07, 6.45) is 4.61. The third-order valence-corrected chi connectivity index (χ3v) is 5.97. The van der Waals surface area contributed by atoms with E-state index in [2.05, 4.69) is 49.1 Å². The minimum atomic E-state index is 0.283. The Kier molecular flexibility index (Phi) is 5.94. The van der Waals surface area contributed by atoms with Crippen molar-refractivity contribution in [3.63, 3.8) is 0 Å². The largest absolute Gasteiger partial charge is 0.342 e. The van der Waals surface area contributed by atoms with E-state index < -0.39 is 0 Å². The van der Waals surface area contributed by atoms with Crippen LogP contribution in [0.15, 0.2) is 30.3 Å². The van der Waals surface area contributed by atoms with Gasteiger partial charge >= 0.3 is 0 Å². The highest BCUT2D eigenvalue weighted by molar-refractivity contribution is 5.79. The number of carbonyl (C=O) groups excluding carboxylic acids is 1. The quantitative estimate of drug-likeness (QED) is 0.901. The van der Waals surface area contributed by atoms with Gasteiger partial charge in [0.25, 0.3) is 0 Å². The summed E-state index contributed by atoms with van der Waals surface area (Å²) in [5.74, 6) is 2.00. The Morgan fingerprint density at radius 3 is 2.58 bits per heavy atom. The number of benzene rings is 1. The minimum Gasteiger partial charge on any atom is -0.342 e. The molecule has 1 N–H and O–H groups in total. The van der Waals surface area contributed by atoms with Gasteiger partial charge in [0.15, 0.2) is 0 Å². The number of piperidine rings is 2. The number of amides is 1. The highest BCUT2D eigenvalue weighted by Gasteiger charge is 2.32. The zero-order valence-electron chi connectivity index (χ0n) is 15.3. The first-order valence-corrected chi connectivity index (χ1v) is 9.80. The number of quaternary nitrogens is 1. The van der Waals surface area contributed by atoms with Gasteiger partial charge in [0.1, 0.15) is 0 Å². The van der Waals surface area contributed by atoms with Crippen molar-refractivity contribution in [3.05, 3.63) is 35.9 Å². The van der Waals surface area contributed by atoms with E-state index in [1.54, 1.807) is 4.90 Å². The van der Waals surface area contributed by atoms with Crippen LogP contribution in [0.25, 0.3) is 0 Å². The fourth-order valence-corrected chi connectivity index (χ4v) is 4.46. The number of rotatable bonds is 4. The summed E-state index contributed by atoms with van der Waals surface area (Å²) in [5.41, 5.74) is 1.44. The molecule has 1 aromatic carbocycles. The standard InChI is InChI=1S/C21H32N2O/c1-17-7-6-12-23(15-17)21(24)20-10-13-22(14-11-20)16-18(2)19-8-4-3-5-9-19/h3-5,8-9,17-18,20H,6-7,10-16H2,1-2H3/p+1/t17-,18+/m1/s1. The maximum absolute atomic E-state index is 12.8. The molecule has 2 heterocycles. The van der Waals surface area contributed by atoms with Crippen LogP contribution in [0.5, 0.6) is 0 Å². The smallest absolute Gasteiger partial charge is 0.226 e. The molecule has 2 fully saturated rings. The van der Waals surface area contributed by atoms with Crippen molar-refractivity contribution >= 4 is 5.91 Å². The first kappa shape index (κ1) is 17.5. The molecule has 3 heteroatoms. The molecule has 2 aliphatic heterocycles. The molecular weight excluding hydrogens is 296 g/mol. The van der Waals surface area contributed by atoms with E-state index in [-0.39, 0.29) is 5.92 Å². The number of carbonyl (C=O) groups is 1. The summed E-state index contributed by atoms with van der Waals surface area (Å²) in [4.78, 5) is 16.6. The summed E-state index contributed by atoms with van der Waals surface area (Å²) in [6.45, 7) is 10.1. The molecule has 0 saturated carbocycles. The molecule has 0 radical (unpaired) electrons. The van der Waals surface area contributed by atoms with Gasteiger partial charge in [-0.25, -0.2) is 0 Å². The molecule has 1 amide bonds. The lowest BCUT2D eigenvalue weighted by Crippen LogP contribution is -3.13. The second kappa shape index (κ2) is 8.15. The Labute approximate surface area is 147 Å². The molecule has 0 bridgehead atoms. The van der Waals surface area contributed by atoms with Crippen LogP contribution in [0.3, 0.4) is 0 Å². The summed E-state index contributed by atoms with van der Waals surface area (Å²) in [7, 11) is 0. The normalized spacial score (nSPS) is 29.2. The molecule has 132 valence electrons. The lowest BCUT2D eigenvalue weighted by Gasteiger charge is -2.36. The number of nitrogens with one attached hydrogen (secondary N) is 1. The Morgan fingerprint density at radius 2 is 1.92 bits per heavy atom. The van der Waals surface area contributed by atoms with E-state index >= 15 is 0 Å². The summed E-state index contributed by atoms with van der Waals surface area (Å²) < 4.78 is 0. The van der Waals surface area contributed by atoms with Crippen molar-refractivity contribution < 1.29 is 9.69 Å². The van der Waals surface area contributed by atoms with E-state index in [1.807, 2.05) is 0 Å². The Morgan fingerprint density at radius 1 is 1.21 bits per heavy atom. The molecule has 3 rings (SSSR count). The molecular formula is C21H33N2O+. The minimum absolute atomic E-state index is 0.283. The average Bonchev–Trinajstić information content (AvgIpc) is 2.62. The molecule has 2 atom stereocenters. The van der Waals surface area contributed by atoms with Crippen LogP contribution < -0.4 is 4.90 Å². The van der Waals surface area contributed by atoms with Gasteiger partial charge in [-0.3, -0.25) is 4.79 Å². The molecule has 0 aromatic heterocycles. The molecule has 24 heavy (non-hydrogen) atoms. The highest BCUT2D eigenvalue weighted by atomic mass is 16.2. The number of hydrogen-bond acceptors (Lipinski definition) is 1. The second-order valence-corrected chi connectivity index (χ2v) is 8.07. The van der Waals surface area contributed by atoms with Gasteiger partial charge in [0, 0.05) is 37.8 Å². The van der Waals surface area contributed by atoms with Crippen LogP contribution in [0, 0.1) is 11.8 Å². The molecule has 0 unspecified atom stereocenters. The summed E-state index contributed by atoms with van der Waals surface area (Å²) in [5, 5.41) is 0. The molecule has 2 aliphatic rings. The number of likely N-dealkylation sites (tertiary alicyclic amines) is 2. The molecule has 1 aromatic rings. The average molecular weight is 330 g/mol. The Hall–Kier alpha value is -1.35. The molecule has 0 spiro atoms. The van der Waals surface area contributed by atoms with Gasteiger partial charge in [-0.05, 0) is 24.3 Å². The SMILES string of the molecule is C[C@@H]1CCCN(C(=O)C2CC[NH+](C[C@H](C)c3ccccc3)CC2)C1. The van der Waals surface area contributed by atoms with Crippen molar-refractivity contribution in [2.45, 2.75) is 45.4 Å². The Bertz CT molecular complexity index is 522. The van der Waals surface area contributed by atoms with Crippen LogP contribution in [0.2, 0.25) is 0 Å². The van der Waals surface area contributed by atoms with E-state index in [4.69, 9.17) is 0 Å². The lowest BCUT2D eigenvalue weighted by molar-refractivity contribution is -0.907. The van der Waals surface area contributed by atoms with Gasteiger partial charge < -0.3 is 9.80 Å². The number of hydrogen-bond donors (Lipinski definition) is 1. The monoisotopic (exact) mass is 329 g/mol. The third-order valence-electron chi connectivity index (χ3n) is 5.97. The van der Waals surface area contributed by atoms with Crippen molar-refractivity contribution in [2.75, 3.05) is 32.7 Å². The van der Waals surface area contributed by atoms with Crippen molar-refractivity contribution in [1.29, 1.82) is 0 Å². The first-order chi connectivity index (χ1) is 11.6. The van der Waals surface area contributed by atoms with Crippen LogP contribution in [-0.2, 0) is 4.79 Å². The predicted molar refractivity (Wildman–Crippen MR) is 98.1 cm³/mol. The van der Waals surface area contributed by atoms with Crippen LogP contribution in [-0.4, -0.2) is 43.5 Å². The van der Waals surface area contributed by atoms with E-state index in [1.165, 1.54) is 24.9 Å². The highest BCUT2D eigenvalue weighted by Crippen LogP contribution is 2.21. The van der Waals surface area contributed by atoms with Crippen LogP contribution in [0.4, 0.5) is 0 Å². The topological polar surface area (TPSA) is 24.8 Å². The van der Waals surface area contributed by atoms with E-state index in [9.17, 15) is 4.79 Å². The molecule has 0 aliphatic carbocycles. The van der Waals surface area contributed by atoms with Crippen LogP contribution >= 0.6 is 0 Å². The molecule has 3 nitrogen and oxygen atoms in total. The van der Waals surface area contributed by atoms with Crippen LogP contribution in [0.1, 0.15) is 51.0 Å². The summed E-state index contributed by atoms with van der Waals surface area (Å²) >= 11 is 0. The second-order valence-electron chi connectivity index (χ2n) is 8.07. The first-order valence-electron chi connectivity index (χ1n) is 9.80. The third kappa shape index (κ3) is 4.38. The fourth-order valence-electron chi connectivity index (χ4n) is 4.46. The zero-order chi connectivity index (χ0) is 16.9. The van der Waals surface area contributed by atoms with Gasteiger partial charge in [-0.15, -0.1) is 0 Å². The van der Waals surface area contributed by atoms with E-state index in [0.29, 0.717) is 17.7 Å². The van der Waals surface area contributed by atoms with Crippen molar-refractivity contribution in [1.82, 2.24) is 4.90 Å². The van der Waals surface area contributed by atoms with Gasteiger partial charge in [0.2, 0.25) is 5.91 Å². The van der Waals surface area contributed by atoms with Crippen molar-refractivity contribution in [3.8, 4) is 0 Å².